The lowest BCUT2D eigenvalue weighted by Crippen LogP contribution is -2.38. The highest BCUT2D eigenvalue weighted by Crippen LogP contribution is 2.14. The third-order valence-corrected chi connectivity index (χ3v) is 3.18. The minimum Gasteiger partial charge on any atom is -0.379 e. The fourth-order valence-electron chi connectivity index (χ4n) is 2.06. The maximum Gasteiger partial charge on any atom is 0.411 e. The zero-order valence-electron chi connectivity index (χ0n) is 14.2. The molecule has 1 fully saturated rings. The first-order chi connectivity index (χ1) is 11.5. The van der Waals surface area contributed by atoms with Crippen LogP contribution >= 0.6 is 0 Å². The monoisotopic (exact) mass is 355 g/mol. The zero-order chi connectivity index (χ0) is 17.7. The molecule has 0 saturated carbocycles. The summed E-state index contributed by atoms with van der Waals surface area (Å²) in [4.78, 5) is 4.29. The molecule has 1 heterocycles. The molecule has 24 heavy (non-hydrogen) atoms. The van der Waals surface area contributed by atoms with Crippen LogP contribution in [0.15, 0.2) is 4.99 Å². The first-order valence-corrected chi connectivity index (χ1v) is 8.37. The van der Waals surface area contributed by atoms with Gasteiger partial charge in [0.1, 0.15) is 6.61 Å². The lowest BCUT2D eigenvalue weighted by molar-refractivity contribution is -0.173. The highest BCUT2D eigenvalue weighted by Gasteiger charge is 2.27. The highest BCUT2D eigenvalue weighted by atomic mass is 19.4. The number of aliphatic imine (C=N–C) groups is 1. The van der Waals surface area contributed by atoms with Crippen molar-refractivity contribution in [2.75, 3.05) is 52.7 Å². The fraction of sp³-hybridized carbons (Fsp3) is 0.933. The van der Waals surface area contributed by atoms with Crippen LogP contribution in [0.2, 0.25) is 0 Å². The summed E-state index contributed by atoms with van der Waals surface area (Å²) in [6.07, 6.45) is -1.82. The van der Waals surface area contributed by atoms with Gasteiger partial charge in [0.05, 0.1) is 12.7 Å². The molecular weight excluding hydrogens is 327 g/mol. The van der Waals surface area contributed by atoms with Crippen LogP contribution in [0.3, 0.4) is 0 Å². The van der Waals surface area contributed by atoms with E-state index in [-0.39, 0.29) is 12.7 Å². The molecule has 1 saturated heterocycles. The van der Waals surface area contributed by atoms with E-state index in [4.69, 9.17) is 9.47 Å². The van der Waals surface area contributed by atoms with Crippen LogP contribution < -0.4 is 10.6 Å². The lowest BCUT2D eigenvalue weighted by Gasteiger charge is -2.13. The van der Waals surface area contributed by atoms with E-state index in [2.05, 4.69) is 20.4 Å². The Morgan fingerprint density at radius 3 is 2.75 bits per heavy atom. The summed E-state index contributed by atoms with van der Waals surface area (Å²) in [5.41, 5.74) is 0. The smallest absolute Gasteiger partial charge is 0.379 e. The number of halogens is 3. The van der Waals surface area contributed by atoms with Crippen molar-refractivity contribution in [3.05, 3.63) is 0 Å². The van der Waals surface area contributed by atoms with Gasteiger partial charge in [-0.05, 0) is 26.2 Å². The maximum absolute atomic E-state index is 11.9. The van der Waals surface area contributed by atoms with E-state index >= 15 is 0 Å². The molecule has 0 aromatic carbocycles. The Morgan fingerprint density at radius 1 is 1.25 bits per heavy atom. The average Bonchev–Trinajstić information content (AvgIpc) is 3.02. The van der Waals surface area contributed by atoms with Gasteiger partial charge in [-0.3, -0.25) is 4.99 Å². The van der Waals surface area contributed by atoms with Gasteiger partial charge in [0.25, 0.3) is 0 Å². The lowest BCUT2D eigenvalue weighted by atomic mass is 10.3. The molecule has 1 aliphatic rings. The number of guanidine groups is 1. The Morgan fingerprint density at radius 2 is 2.08 bits per heavy atom. The molecule has 2 N–H and O–H groups in total. The first-order valence-electron chi connectivity index (χ1n) is 8.37. The quantitative estimate of drug-likeness (QED) is 0.336. The Kier molecular flexibility index (Phi) is 10.8. The number of rotatable bonds is 11. The number of hydrogen-bond donors (Lipinski definition) is 2. The molecule has 6 nitrogen and oxygen atoms in total. The Labute approximate surface area is 141 Å². The van der Waals surface area contributed by atoms with Crippen molar-refractivity contribution in [3.63, 3.8) is 0 Å². The molecule has 1 unspecified atom stereocenters. The van der Waals surface area contributed by atoms with Gasteiger partial charge < -0.3 is 24.8 Å². The average molecular weight is 355 g/mol. The normalized spacial score (nSPS) is 18.8. The Hall–Kier alpha value is -1.06. The largest absolute Gasteiger partial charge is 0.411 e. The van der Waals surface area contributed by atoms with Crippen molar-refractivity contribution in [3.8, 4) is 0 Å². The molecule has 1 rings (SSSR count). The molecule has 0 spiro atoms. The molecule has 0 aromatic rings. The van der Waals surface area contributed by atoms with Crippen LogP contribution in [0.25, 0.3) is 0 Å². The molecule has 0 aromatic heterocycles. The predicted octanol–water partition coefficient (Wildman–Crippen LogP) is 1.71. The van der Waals surface area contributed by atoms with Gasteiger partial charge >= 0.3 is 6.18 Å². The van der Waals surface area contributed by atoms with Crippen molar-refractivity contribution < 1.29 is 27.4 Å². The van der Waals surface area contributed by atoms with Crippen molar-refractivity contribution in [1.29, 1.82) is 0 Å². The summed E-state index contributed by atoms with van der Waals surface area (Å²) in [5.74, 6) is 0.650. The van der Waals surface area contributed by atoms with Crippen LogP contribution in [0.4, 0.5) is 13.2 Å². The highest BCUT2D eigenvalue weighted by molar-refractivity contribution is 5.79. The van der Waals surface area contributed by atoms with Gasteiger partial charge in [0.15, 0.2) is 5.96 Å². The van der Waals surface area contributed by atoms with Crippen molar-refractivity contribution in [2.45, 2.75) is 38.5 Å². The van der Waals surface area contributed by atoms with Crippen LogP contribution in [0.1, 0.15) is 26.2 Å². The third-order valence-electron chi connectivity index (χ3n) is 3.18. The second-order valence-electron chi connectivity index (χ2n) is 5.42. The van der Waals surface area contributed by atoms with E-state index in [1.54, 1.807) is 0 Å². The summed E-state index contributed by atoms with van der Waals surface area (Å²) in [7, 11) is 0. The Balaban J connectivity index is 2.06. The van der Waals surface area contributed by atoms with E-state index in [9.17, 15) is 13.2 Å². The molecule has 0 bridgehead atoms. The van der Waals surface area contributed by atoms with Crippen LogP contribution in [-0.4, -0.2) is 70.9 Å². The topological polar surface area (TPSA) is 64.1 Å². The summed E-state index contributed by atoms with van der Waals surface area (Å²) < 4.78 is 51.2. The number of nitrogens with one attached hydrogen (secondary N) is 2. The minimum absolute atomic E-state index is 0.0414. The third kappa shape index (κ3) is 11.5. The molecule has 1 atom stereocenters. The number of nitrogens with zero attached hydrogens (tertiary/aromatic N) is 1. The van der Waals surface area contributed by atoms with Crippen molar-refractivity contribution >= 4 is 5.96 Å². The molecule has 0 aliphatic carbocycles. The summed E-state index contributed by atoms with van der Waals surface area (Å²) >= 11 is 0. The van der Waals surface area contributed by atoms with E-state index in [1.807, 2.05) is 6.92 Å². The molecule has 1 aliphatic heterocycles. The molecule has 9 heteroatoms. The number of alkyl halides is 3. The van der Waals surface area contributed by atoms with Gasteiger partial charge in [0, 0.05) is 39.5 Å². The van der Waals surface area contributed by atoms with E-state index in [0.717, 1.165) is 19.4 Å². The number of hydrogen-bond acceptors (Lipinski definition) is 4. The second-order valence-corrected chi connectivity index (χ2v) is 5.42. The summed E-state index contributed by atoms with van der Waals surface area (Å²) in [5, 5.41) is 6.26. The molecular formula is C15H28F3N3O3. The van der Waals surface area contributed by atoms with Crippen molar-refractivity contribution in [2.24, 2.45) is 4.99 Å². The first kappa shape index (κ1) is 21.0. The van der Waals surface area contributed by atoms with E-state index in [1.165, 1.54) is 0 Å². The molecule has 0 radical (unpaired) electrons. The van der Waals surface area contributed by atoms with Gasteiger partial charge in [-0.1, -0.05) is 0 Å². The minimum atomic E-state index is -4.27. The van der Waals surface area contributed by atoms with Crippen LogP contribution in [0.5, 0.6) is 0 Å². The summed E-state index contributed by atoms with van der Waals surface area (Å²) in [6.45, 7) is 4.72. The predicted molar refractivity (Wildman–Crippen MR) is 85.3 cm³/mol. The fourth-order valence-corrected chi connectivity index (χ4v) is 2.06. The van der Waals surface area contributed by atoms with Crippen molar-refractivity contribution in [1.82, 2.24) is 10.6 Å². The maximum atomic E-state index is 11.9. The van der Waals surface area contributed by atoms with E-state index < -0.39 is 12.8 Å². The Bertz CT molecular complexity index is 349. The second kappa shape index (κ2) is 12.3. The van der Waals surface area contributed by atoms with Gasteiger partial charge in [-0.25, -0.2) is 0 Å². The molecule has 142 valence electrons. The molecule has 0 amide bonds. The van der Waals surface area contributed by atoms with Gasteiger partial charge in [0.2, 0.25) is 0 Å². The van der Waals surface area contributed by atoms with E-state index in [0.29, 0.717) is 45.2 Å². The zero-order valence-corrected chi connectivity index (χ0v) is 14.2. The van der Waals surface area contributed by atoms with Crippen LogP contribution in [-0.2, 0) is 14.2 Å². The SMILES string of the molecule is CCNC(=NCCCOCC(F)(F)F)NCCCOC1CCOC1. The summed E-state index contributed by atoms with van der Waals surface area (Å²) in [6, 6.07) is 0. The van der Waals surface area contributed by atoms with Crippen LogP contribution in [0, 0.1) is 0 Å². The van der Waals surface area contributed by atoms with Gasteiger partial charge in [-0.15, -0.1) is 0 Å². The van der Waals surface area contributed by atoms with Gasteiger partial charge in [-0.2, -0.15) is 13.2 Å². The number of ether oxygens (including phenoxy) is 3. The standard InChI is InChI=1S/C15H28F3N3O3/c1-2-19-14(20-6-3-8-23-12-15(16,17)18)21-7-4-9-24-13-5-10-22-11-13/h13H,2-12H2,1H3,(H2,19,20,21).